The van der Waals surface area contributed by atoms with E-state index in [9.17, 15) is 46.5 Å². The molecular weight excluding hydrogens is 976 g/mol. The molecular formula is C49H59BrN6O10PS+. The van der Waals surface area contributed by atoms with Gasteiger partial charge in [0.05, 0.1) is 16.7 Å². The van der Waals surface area contributed by atoms with Crippen molar-refractivity contribution in [3.05, 3.63) is 130 Å². The zero-order chi connectivity index (χ0) is 49.5. The molecule has 3 heterocycles. The van der Waals surface area contributed by atoms with Gasteiger partial charge >= 0.3 is 7.60 Å². The zero-order valence-electron chi connectivity index (χ0n) is 39.0. The van der Waals surface area contributed by atoms with E-state index in [0.717, 1.165) is 39.5 Å². The molecule has 0 radical (unpaired) electrons. The summed E-state index contributed by atoms with van der Waals surface area (Å²) in [5.41, 5.74) is 7.78. The van der Waals surface area contributed by atoms with E-state index in [0.29, 0.717) is 54.6 Å². The van der Waals surface area contributed by atoms with Gasteiger partial charge in [-0.1, -0.05) is 90.4 Å². The third-order valence-corrected chi connectivity index (χ3v) is 17.2. The fraction of sp³-hybridized carbons (Fsp3) is 0.408. The predicted molar refractivity (Wildman–Crippen MR) is 263 cm³/mol. The molecule has 3 atom stereocenters. The van der Waals surface area contributed by atoms with E-state index in [1.807, 2.05) is 67.5 Å². The lowest BCUT2D eigenvalue weighted by Crippen LogP contribution is -2.55. The van der Waals surface area contributed by atoms with Gasteiger partial charge in [-0.15, -0.1) is 0 Å². The molecule has 1 fully saturated rings. The minimum Gasteiger partial charge on any atom is -0.358 e. The molecule has 3 amide bonds. The van der Waals surface area contributed by atoms with E-state index < -0.39 is 62.8 Å². The fourth-order valence-electron chi connectivity index (χ4n) is 9.80. The molecule has 68 heavy (non-hydrogen) atoms. The first kappa shape index (κ1) is 50.6. The minimum absolute atomic E-state index is 0.0532. The summed E-state index contributed by atoms with van der Waals surface area (Å²) in [5.74, 6) is -2.96. The topological polar surface area (TPSA) is 226 Å². The normalized spacial score (nSPS) is 20.6. The highest BCUT2D eigenvalue weighted by Gasteiger charge is 2.49. The summed E-state index contributed by atoms with van der Waals surface area (Å²) in [6.07, 6.45) is 5.59. The maximum Gasteiger partial charge on any atom is 0.343 e. The van der Waals surface area contributed by atoms with Crippen molar-refractivity contribution in [2.24, 2.45) is 0 Å². The highest BCUT2D eigenvalue weighted by Crippen LogP contribution is 2.55. The molecule has 0 bridgehead atoms. The Kier molecular flexibility index (Phi) is 14.6. The quantitative estimate of drug-likeness (QED) is 0.0237. The molecule has 3 aromatic carbocycles. The second-order valence-corrected chi connectivity index (χ2v) is 23.6. The van der Waals surface area contributed by atoms with Crippen molar-refractivity contribution in [3.8, 4) is 0 Å². The Morgan fingerprint density at radius 1 is 0.941 bits per heavy atom. The van der Waals surface area contributed by atoms with Gasteiger partial charge in [-0.05, 0) is 68.4 Å². The van der Waals surface area contributed by atoms with E-state index in [1.165, 1.54) is 0 Å². The monoisotopic (exact) mass is 1030 g/mol. The highest BCUT2D eigenvalue weighted by molar-refractivity contribution is 9.10. The van der Waals surface area contributed by atoms with E-state index >= 15 is 0 Å². The van der Waals surface area contributed by atoms with Crippen LogP contribution in [0.3, 0.4) is 0 Å². The molecule has 6 N–H and O–H groups in total. The number of Topliss-reactive ketones (excluding diaryl/α,β-unsaturated/α-hetero) is 1. The zero-order valence-corrected chi connectivity index (χ0v) is 42.3. The van der Waals surface area contributed by atoms with Crippen LogP contribution in [0, 0.1) is 0 Å². The number of hydrogen-bond acceptors (Lipinski definition) is 9. The lowest BCUT2D eigenvalue weighted by atomic mass is 9.76. The number of nitrogens with one attached hydrogen (secondary N) is 3. The van der Waals surface area contributed by atoms with Crippen LogP contribution in [0.15, 0.2) is 107 Å². The SMILES string of the molecule is CN1C(=CC2=C(N3CCC[C@@H]3C(=O)NC(CS(=O)(=O)O)C(=O)NCCCCC(=O)NCc3ccc(C(Br)P(=O)(O)O)cc3)C(=CC3=[N+](C)c4ccccc4C3(C)C)C2=O)C(C)(C)c2ccccc21. The molecule has 0 saturated carbocycles. The molecule has 0 spiro atoms. The van der Waals surface area contributed by atoms with Crippen LogP contribution >= 0.6 is 23.5 Å². The third kappa shape index (κ3) is 10.4. The van der Waals surface area contributed by atoms with Crippen LogP contribution in [0.25, 0.3) is 0 Å². The van der Waals surface area contributed by atoms with Crippen LogP contribution in [0.1, 0.15) is 86.6 Å². The van der Waals surface area contributed by atoms with Gasteiger partial charge in [-0.25, -0.2) is 0 Å². The van der Waals surface area contributed by atoms with Gasteiger partial charge in [-0.3, -0.25) is 28.3 Å². The maximum absolute atomic E-state index is 14.6. The number of alkyl halides is 1. The first-order valence-corrected chi connectivity index (χ1v) is 26.7. The van der Waals surface area contributed by atoms with Crippen molar-refractivity contribution in [1.82, 2.24) is 20.9 Å². The number of amides is 3. The number of ketones is 1. The van der Waals surface area contributed by atoms with Crippen LogP contribution in [0.4, 0.5) is 11.4 Å². The van der Waals surface area contributed by atoms with Crippen LogP contribution < -0.4 is 20.9 Å². The lowest BCUT2D eigenvalue weighted by Gasteiger charge is -2.37. The molecule has 0 aromatic heterocycles. The lowest BCUT2D eigenvalue weighted by molar-refractivity contribution is -0.401. The Hall–Kier alpha value is -5.23. The molecule has 3 aromatic rings. The molecule has 1 aliphatic carbocycles. The van der Waals surface area contributed by atoms with E-state index in [1.54, 1.807) is 24.3 Å². The Morgan fingerprint density at radius 3 is 2.25 bits per heavy atom. The van der Waals surface area contributed by atoms with E-state index in [-0.39, 0.29) is 31.2 Å². The summed E-state index contributed by atoms with van der Waals surface area (Å²) in [4.78, 5) is 77.7. The third-order valence-electron chi connectivity index (χ3n) is 13.5. The smallest absolute Gasteiger partial charge is 0.343 e. The van der Waals surface area contributed by atoms with Gasteiger partial charge in [0.15, 0.2) is 11.5 Å². The minimum atomic E-state index is -4.74. The summed E-state index contributed by atoms with van der Waals surface area (Å²) in [7, 11) is -5.17. The summed E-state index contributed by atoms with van der Waals surface area (Å²) in [5, 5.41) is 8.02. The number of allylic oxidation sites excluding steroid dienone is 5. The molecule has 7 rings (SSSR count). The second kappa shape index (κ2) is 19.6. The Bertz CT molecular complexity index is 2830. The van der Waals surface area contributed by atoms with E-state index in [4.69, 9.17) is 0 Å². The number of para-hydroxylation sites is 2. The molecule has 362 valence electrons. The number of hydrogen-bond donors (Lipinski definition) is 6. The maximum atomic E-state index is 14.6. The van der Waals surface area contributed by atoms with Crippen molar-refractivity contribution in [2.45, 2.75) is 93.8 Å². The number of unbranched alkanes of at least 4 members (excludes halogenated alkanes) is 1. The standard InChI is InChI=1S/C49H58BrN6O10PS/c1-48(2)34-14-7-9-16-37(34)54(5)40(48)26-32-43(33(44(32)58)27-41-49(3,4)35-15-8-10-17-38(35)55(41)6)56-25-13-18-39(56)47(60)53-36(29-68(64,65)66)46(59)51-24-12-11-19-42(57)52-28-30-20-22-31(23-21-30)45(50)67(61,62)63/h7-10,14-17,20-23,26-27,36,39,45H,11-13,18-19,24-25,28-29H2,1-6H3,(H5-,51,52,53,57,59,60,61,62,63,64,65,66)/p+1/t36?,39-,45?/m1/s1. The van der Waals surface area contributed by atoms with Gasteiger partial charge in [0.25, 0.3) is 10.1 Å². The van der Waals surface area contributed by atoms with Crippen molar-refractivity contribution >= 4 is 74.2 Å². The molecule has 16 nitrogen and oxygen atoms in total. The van der Waals surface area contributed by atoms with Crippen molar-refractivity contribution in [2.75, 3.05) is 37.8 Å². The first-order chi connectivity index (χ1) is 31.9. The number of carbonyl (C=O) groups excluding carboxylic acids is 4. The van der Waals surface area contributed by atoms with Crippen molar-refractivity contribution < 1.29 is 51.1 Å². The van der Waals surface area contributed by atoms with Crippen molar-refractivity contribution in [1.29, 1.82) is 0 Å². The van der Waals surface area contributed by atoms with Gasteiger partial charge in [-0.2, -0.15) is 13.0 Å². The molecule has 3 aliphatic heterocycles. The summed E-state index contributed by atoms with van der Waals surface area (Å²) >= 11 is 3.01. The van der Waals surface area contributed by atoms with Crippen LogP contribution in [-0.4, -0.2) is 106 Å². The number of likely N-dealkylation sites (N-methyl/N-ethyl adjacent to an activating group) is 1. The fourth-order valence-corrected chi connectivity index (χ4v) is 11.3. The van der Waals surface area contributed by atoms with Gasteiger partial charge in [0.2, 0.25) is 23.4 Å². The first-order valence-electron chi connectivity index (χ1n) is 22.5. The van der Waals surface area contributed by atoms with Gasteiger partial charge in [0.1, 0.15) is 29.5 Å². The number of carbonyl (C=O) groups is 4. The van der Waals surface area contributed by atoms with Gasteiger partial charge < -0.3 is 35.5 Å². The summed E-state index contributed by atoms with van der Waals surface area (Å²) in [6, 6.07) is 20.1. The number of fused-ring (bicyclic) bond motifs is 2. The number of likely N-dealkylation sites (tertiary alicyclic amines) is 1. The number of rotatable bonds is 17. The van der Waals surface area contributed by atoms with Gasteiger partial charge in [0, 0.05) is 73.2 Å². The molecule has 19 heteroatoms. The highest BCUT2D eigenvalue weighted by atomic mass is 79.9. The molecule has 2 unspecified atom stereocenters. The molecule has 1 saturated heterocycles. The molecule has 4 aliphatic rings. The van der Waals surface area contributed by atoms with Crippen LogP contribution in [0.2, 0.25) is 0 Å². The number of benzene rings is 3. The number of anilines is 1. The largest absolute Gasteiger partial charge is 0.358 e. The van der Waals surface area contributed by atoms with E-state index in [2.05, 4.69) is 81.2 Å². The average molecular weight is 1030 g/mol. The number of halogens is 1. The Morgan fingerprint density at radius 2 is 1.60 bits per heavy atom. The average Bonchev–Trinajstić information content (AvgIpc) is 3.89. The summed E-state index contributed by atoms with van der Waals surface area (Å²) < 4.78 is 46.8. The van der Waals surface area contributed by atoms with Crippen LogP contribution in [0.5, 0.6) is 0 Å². The number of nitrogens with zero attached hydrogens (tertiary/aromatic N) is 3. The Labute approximate surface area is 405 Å². The predicted octanol–water partition coefficient (Wildman–Crippen LogP) is 5.78. The Balaban J connectivity index is 1.06. The second-order valence-electron chi connectivity index (χ2n) is 18.8. The van der Waals surface area contributed by atoms with Crippen LogP contribution in [-0.2, 0) is 51.2 Å². The summed E-state index contributed by atoms with van der Waals surface area (Å²) in [6.45, 7) is 9.09. The van der Waals surface area contributed by atoms with Crippen molar-refractivity contribution in [3.63, 3.8) is 0 Å².